The van der Waals surface area contributed by atoms with Crippen molar-refractivity contribution in [2.24, 2.45) is 0 Å². The van der Waals surface area contributed by atoms with Crippen LogP contribution in [0.2, 0.25) is 0 Å². The van der Waals surface area contributed by atoms with E-state index in [0.29, 0.717) is 6.42 Å². The molecule has 0 atom stereocenters. The van der Waals surface area contributed by atoms with Crippen LogP contribution in [0.4, 0.5) is 11.4 Å². The standard InChI is InChI=1S/C15H23BrN2O/c1-18(2)14-10-8-13(9-11-14)17-15(19)7-5-3-4-6-12-16/h8-11H,3-7,12H2,1-2H3,(H,17,19). The SMILES string of the molecule is CN(C)c1ccc(NC(=O)CCCCCCBr)cc1. The average Bonchev–Trinajstić information content (AvgIpc) is 2.39. The lowest BCUT2D eigenvalue weighted by Crippen LogP contribution is -2.12. The molecule has 0 aliphatic heterocycles. The number of carbonyl (C=O) groups is 1. The second kappa shape index (κ2) is 8.97. The maximum absolute atomic E-state index is 11.7. The summed E-state index contributed by atoms with van der Waals surface area (Å²) in [6, 6.07) is 7.90. The van der Waals surface area contributed by atoms with Crippen LogP contribution in [0.3, 0.4) is 0 Å². The van der Waals surface area contributed by atoms with Crippen molar-refractivity contribution in [3.05, 3.63) is 24.3 Å². The third kappa shape index (κ3) is 6.62. The predicted molar refractivity (Wildman–Crippen MR) is 86.3 cm³/mol. The van der Waals surface area contributed by atoms with Gasteiger partial charge in [-0.25, -0.2) is 0 Å². The van der Waals surface area contributed by atoms with Gasteiger partial charge < -0.3 is 10.2 Å². The van der Waals surface area contributed by atoms with Crippen molar-refractivity contribution in [1.29, 1.82) is 0 Å². The van der Waals surface area contributed by atoms with Gasteiger partial charge in [0.15, 0.2) is 0 Å². The largest absolute Gasteiger partial charge is 0.378 e. The Labute approximate surface area is 124 Å². The molecule has 0 saturated heterocycles. The molecule has 1 N–H and O–H groups in total. The topological polar surface area (TPSA) is 32.3 Å². The molecule has 0 aliphatic carbocycles. The first-order valence-corrected chi connectivity index (χ1v) is 7.89. The Bertz CT molecular complexity index is 376. The quantitative estimate of drug-likeness (QED) is 0.577. The van der Waals surface area contributed by atoms with E-state index in [1.807, 2.05) is 43.3 Å². The molecule has 0 unspecified atom stereocenters. The Morgan fingerprint density at radius 1 is 1.11 bits per heavy atom. The Kier molecular flexibility index (Phi) is 7.56. The molecule has 0 radical (unpaired) electrons. The monoisotopic (exact) mass is 326 g/mol. The lowest BCUT2D eigenvalue weighted by atomic mass is 10.1. The van der Waals surface area contributed by atoms with Crippen LogP contribution < -0.4 is 10.2 Å². The highest BCUT2D eigenvalue weighted by molar-refractivity contribution is 9.09. The summed E-state index contributed by atoms with van der Waals surface area (Å²) in [7, 11) is 4.00. The van der Waals surface area contributed by atoms with Gasteiger partial charge in [0.25, 0.3) is 0 Å². The van der Waals surface area contributed by atoms with E-state index in [-0.39, 0.29) is 5.91 Å². The fourth-order valence-corrected chi connectivity index (χ4v) is 2.20. The van der Waals surface area contributed by atoms with Crippen LogP contribution in [0, 0.1) is 0 Å². The summed E-state index contributed by atoms with van der Waals surface area (Å²) in [6.45, 7) is 0. The third-order valence-corrected chi connectivity index (χ3v) is 3.52. The zero-order chi connectivity index (χ0) is 14.1. The Morgan fingerprint density at radius 2 is 1.74 bits per heavy atom. The lowest BCUT2D eigenvalue weighted by molar-refractivity contribution is -0.116. The zero-order valence-electron chi connectivity index (χ0n) is 11.8. The summed E-state index contributed by atoms with van der Waals surface area (Å²) in [6.07, 6.45) is 5.08. The van der Waals surface area contributed by atoms with E-state index in [1.54, 1.807) is 0 Å². The Balaban J connectivity index is 2.28. The summed E-state index contributed by atoms with van der Waals surface area (Å²) in [5, 5.41) is 3.99. The molecule has 1 amide bonds. The molecule has 0 fully saturated rings. The predicted octanol–water partition coefficient (Wildman–Crippen LogP) is 4.04. The maximum atomic E-state index is 11.7. The third-order valence-electron chi connectivity index (χ3n) is 2.95. The molecule has 0 aromatic heterocycles. The van der Waals surface area contributed by atoms with Crippen molar-refractivity contribution >= 4 is 33.2 Å². The van der Waals surface area contributed by atoms with Crippen LogP contribution in [0.5, 0.6) is 0 Å². The molecule has 1 rings (SSSR count). The van der Waals surface area contributed by atoms with Gasteiger partial charge in [-0.05, 0) is 37.1 Å². The van der Waals surface area contributed by atoms with Crippen LogP contribution in [0.15, 0.2) is 24.3 Å². The minimum absolute atomic E-state index is 0.108. The number of nitrogens with zero attached hydrogens (tertiary/aromatic N) is 1. The number of benzene rings is 1. The molecular weight excluding hydrogens is 304 g/mol. The van der Waals surface area contributed by atoms with Crippen LogP contribution >= 0.6 is 15.9 Å². The summed E-state index contributed by atoms with van der Waals surface area (Å²) in [5.74, 6) is 0.108. The second-order valence-corrected chi connectivity index (χ2v) is 5.64. The fourth-order valence-electron chi connectivity index (χ4n) is 1.80. The molecule has 0 saturated carbocycles. The van der Waals surface area contributed by atoms with Gasteiger partial charge in [0.1, 0.15) is 0 Å². The van der Waals surface area contributed by atoms with E-state index in [9.17, 15) is 4.79 Å². The summed E-state index contributed by atoms with van der Waals surface area (Å²) in [5.41, 5.74) is 2.00. The van der Waals surface area contributed by atoms with Gasteiger partial charge in [0, 0.05) is 37.2 Å². The van der Waals surface area contributed by atoms with Crippen molar-refractivity contribution < 1.29 is 4.79 Å². The number of unbranched alkanes of at least 4 members (excludes halogenated alkanes) is 3. The van der Waals surface area contributed by atoms with Crippen LogP contribution in [0.25, 0.3) is 0 Å². The smallest absolute Gasteiger partial charge is 0.224 e. The Hall–Kier alpha value is -1.03. The summed E-state index contributed by atoms with van der Waals surface area (Å²) < 4.78 is 0. The molecule has 4 heteroatoms. The van der Waals surface area contributed by atoms with Gasteiger partial charge in [-0.3, -0.25) is 4.79 Å². The maximum Gasteiger partial charge on any atom is 0.224 e. The van der Waals surface area contributed by atoms with E-state index in [4.69, 9.17) is 0 Å². The second-order valence-electron chi connectivity index (χ2n) is 4.84. The van der Waals surface area contributed by atoms with Gasteiger partial charge in [-0.1, -0.05) is 28.8 Å². The molecular formula is C15H23BrN2O. The van der Waals surface area contributed by atoms with E-state index in [2.05, 4.69) is 21.2 Å². The number of nitrogens with one attached hydrogen (secondary N) is 1. The van der Waals surface area contributed by atoms with E-state index < -0.39 is 0 Å². The number of carbonyl (C=O) groups excluding carboxylic acids is 1. The molecule has 19 heavy (non-hydrogen) atoms. The van der Waals surface area contributed by atoms with E-state index >= 15 is 0 Å². The average molecular weight is 327 g/mol. The summed E-state index contributed by atoms with van der Waals surface area (Å²) >= 11 is 3.41. The first-order chi connectivity index (χ1) is 9.13. The van der Waals surface area contributed by atoms with Crippen molar-refractivity contribution in [2.75, 3.05) is 29.6 Å². The van der Waals surface area contributed by atoms with Gasteiger partial charge in [0.2, 0.25) is 5.91 Å². The number of anilines is 2. The lowest BCUT2D eigenvalue weighted by Gasteiger charge is -2.13. The van der Waals surface area contributed by atoms with Crippen LogP contribution in [-0.2, 0) is 4.79 Å². The zero-order valence-corrected chi connectivity index (χ0v) is 13.4. The van der Waals surface area contributed by atoms with Crippen molar-refractivity contribution in [3.63, 3.8) is 0 Å². The molecule has 0 spiro atoms. The minimum atomic E-state index is 0.108. The van der Waals surface area contributed by atoms with E-state index in [0.717, 1.165) is 29.5 Å². The number of hydrogen-bond acceptors (Lipinski definition) is 2. The van der Waals surface area contributed by atoms with Crippen LogP contribution in [0.1, 0.15) is 32.1 Å². The number of hydrogen-bond donors (Lipinski definition) is 1. The molecule has 1 aromatic carbocycles. The van der Waals surface area contributed by atoms with Gasteiger partial charge in [-0.2, -0.15) is 0 Å². The highest BCUT2D eigenvalue weighted by atomic mass is 79.9. The number of amides is 1. The molecule has 0 bridgehead atoms. The molecule has 0 heterocycles. The molecule has 106 valence electrons. The summed E-state index contributed by atoms with van der Waals surface area (Å²) in [4.78, 5) is 13.8. The molecule has 1 aromatic rings. The first-order valence-electron chi connectivity index (χ1n) is 6.76. The molecule has 0 aliphatic rings. The van der Waals surface area contributed by atoms with Gasteiger partial charge >= 0.3 is 0 Å². The van der Waals surface area contributed by atoms with Crippen molar-refractivity contribution in [3.8, 4) is 0 Å². The Morgan fingerprint density at radius 3 is 2.32 bits per heavy atom. The van der Waals surface area contributed by atoms with Crippen molar-refractivity contribution in [1.82, 2.24) is 0 Å². The van der Waals surface area contributed by atoms with Crippen LogP contribution in [-0.4, -0.2) is 25.3 Å². The van der Waals surface area contributed by atoms with Crippen molar-refractivity contribution in [2.45, 2.75) is 32.1 Å². The number of alkyl halides is 1. The highest BCUT2D eigenvalue weighted by Gasteiger charge is 2.02. The van der Waals surface area contributed by atoms with Gasteiger partial charge in [-0.15, -0.1) is 0 Å². The minimum Gasteiger partial charge on any atom is -0.378 e. The fraction of sp³-hybridized carbons (Fsp3) is 0.533. The highest BCUT2D eigenvalue weighted by Crippen LogP contribution is 2.16. The number of halogens is 1. The van der Waals surface area contributed by atoms with E-state index in [1.165, 1.54) is 12.8 Å². The van der Waals surface area contributed by atoms with Gasteiger partial charge in [0.05, 0.1) is 0 Å². The first kappa shape index (κ1) is 16.0. The number of rotatable bonds is 8. The normalized spacial score (nSPS) is 10.3. The molecule has 3 nitrogen and oxygen atoms in total.